The van der Waals surface area contributed by atoms with Crippen LogP contribution in [0.15, 0.2) is 73.1 Å². The maximum atomic E-state index is 4.88. The maximum absolute atomic E-state index is 4.88. The summed E-state index contributed by atoms with van der Waals surface area (Å²) in [6, 6.07) is 21.1. The first-order valence-electron chi connectivity index (χ1n) is 11.8. The molecule has 0 atom stereocenters. The van der Waals surface area contributed by atoms with Crippen LogP contribution in [0, 0.1) is 0 Å². The topological polar surface area (TPSA) is 90.1 Å². The van der Waals surface area contributed by atoms with Gasteiger partial charge in [0, 0.05) is 36.5 Å². The lowest BCUT2D eigenvalue weighted by molar-refractivity contribution is 0.613. The Balaban J connectivity index is 1.29. The molecular weight excluding hydrogens is 424 g/mol. The highest BCUT2D eigenvalue weighted by Gasteiger charge is 2.11. The van der Waals surface area contributed by atoms with Crippen LogP contribution in [0.3, 0.4) is 0 Å². The Hall–Kier alpha value is -4.07. The lowest BCUT2D eigenvalue weighted by Crippen LogP contribution is -2.07. The Morgan fingerprint density at radius 1 is 0.882 bits per heavy atom. The summed E-state index contributed by atoms with van der Waals surface area (Å²) in [5.41, 5.74) is 4.54. The molecule has 0 aliphatic carbocycles. The third-order valence-corrected chi connectivity index (χ3v) is 5.90. The van der Waals surface area contributed by atoms with Gasteiger partial charge in [-0.3, -0.25) is 0 Å². The van der Waals surface area contributed by atoms with Gasteiger partial charge in [-0.15, -0.1) is 5.10 Å². The highest BCUT2D eigenvalue weighted by molar-refractivity contribution is 5.54. The van der Waals surface area contributed by atoms with Gasteiger partial charge in [0.25, 0.3) is 0 Å². The fourth-order valence-electron chi connectivity index (χ4n) is 4.00. The number of benzene rings is 2. The zero-order valence-corrected chi connectivity index (χ0v) is 19.3. The molecule has 0 aliphatic rings. The second-order valence-electron chi connectivity index (χ2n) is 8.41. The molecule has 3 heterocycles. The Morgan fingerprint density at radius 3 is 2.50 bits per heavy atom. The molecule has 34 heavy (non-hydrogen) atoms. The molecule has 0 amide bonds. The molecule has 8 nitrogen and oxygen atoms in total. The smallest absolute Gasteiger partial charge is 0.180 e. The van der Waals surface area contributed by atoms with Gasteiger partial charge in [0.1, 0.15) is 5.82 Å². The molecule has 0 unspecified atom stereocenters. The SMILES string of the molecule is CCCCc1nc(CCc2ccccc2)nn1Cc1ccc(-n2ccc(-c3nnn[nH]3)c2)cc1. The fraction of sp³-hybridized carbons (Fsp3) is 0.269. The molecule has 0 saturated heterocycles. The summed E-state index contributed by atoms with van der Waals surface area (Å²) in [7, 11) is 0. The van der Waals surface area contributed by atoms with E-state index in [1.165, 1.54) is 11.1 Å². The van der Waals surface area contributed by atoms with Crippen molar-refractivity contribution in [2.24, 2.45) is 0 Å². The van der Waals surface area contributed by atoms with Crippen molar-refractivity contribution in [2.45, 2.75) is 45.6 Å². The molecule has 0 aliphatic heterocycles. The van der Waals surface area contributed by atoms with Crippen molar-refractivity contribution in [2.75, 3.05) is 0 Å². The number of unbranched alkanes of at least 4 members (excludes halogenated alkanes) is 1. The van der Waals surface area contributed by atoms with Gasteiger partial charge in [0.05, 0.1) is 6.54 Å². The molecule has 5 aromatic rings. The molecule has 1 N–H and O–H groups in total. The second kappa shape index (κ2) is 10.2. The van der Waals surface area contributed by atoms with Gasteiger partial charge in [-0.2, -0.15) is 5.10 Å². The van der Waals surface area contributed by atoms with Crippen LogP contribution in [0.2, 0.25) is 0 Å². The third kappa shape index (κ3) is 5.11. The molecule has 0 saturated carbocycles. The molecule has 2 aromatic carbocycles. The number of H-pyrrole nitrogens is 1. The van der Waals surface area contributed by atoms with Crippen molar-refractivity contribution < 1.29 is 0 Å². The molecule has 5 rings (SSSR count). The Labute approximate surface area is 198 Å². The number of hydrogen-bond acceptors (Lipinski definition) is 5. The molecule has 0 radical (unpaired) electrons. The first kappa shape index (κ1) is 21.8. The van der Waals surface area contributed by atoms with Crippen LogP contribution >= 0.6 is 0 Å². The van der Waals surface area contributed by atoms with Gasteiger partial charge in [-0.25, -0.2) is 14.8 Å². The Bertz CT molecular complexity index is 1300. The Kier molecular flexibility index (Phi) is 6.56. The first-order chi connectivity index (χ1) is 16.8. The summed E-state index contributed by atoms with van der Waals surface area (Å²) < 4.78 is 4.14. The van der Waals surface area contributed by atoms with Gasteiger partial charge in [0.2, 0.25) is 0 Å². The Morgan fingerprint density at radius 2 is 1.74 bits per heavy atom. The summed E-state index contributed by atoms with van der Waals surface area (Å²) in [6.45, 7) is 2.93. The van der Waals surface area contributed by atoms with Crippen LogP contribution in [-0.2, 0) is 25.8 Å². The first-order valence-corrected chi connectivity index (χ1v) is 11.8. The normalized spacial score (nSPS) is 11.2. The maximum Gasteiger partial charge on any atom is 0.180 e. The number of aryl methyl sites for hydroxylation is 3. The standard InChI is InChI=1S/C26H28N8/c1-2-3-9-25-27-24(15-12-20-7-5-4-6-8-20)30-34(25)18-21-10-13-23(14-11-21)33-17-16-22(19-33)26-28-31-32-29-26/h4-8,10-11,13-14,16-17,19H,2-3,9,12,15,18H2,1H3,(H,28,29,31,32). The quantitative estimate of drug-likeness (QED) is 0.339. The largest absolute Gasteiger partial charge is 0.323 e. The highest BCUT2D eigenvalue weighted by atomic mass is 15.5. The van der Waals surface area contributed by atoms with Crippen LogP contribution in [0.5, 0.6) is 0 Å². The number of nitrogens with one attached hydrogen (secondary N) is 1. The minimum atomic E-state index is 0.657. The second-order valence-corrected chi connectivity index (χ2v) is 8.41. The zero-order valence-electron chi connectivity index (χ0n) is 19.3. The van der Waals surface area contributed by atoms with E-state index >= 15 is 0 Å². The minimum Gasteiger partial charge on any atom is -0.323 e. The fourth-order valence-corrected chi connectivity index (χ4v) is 4.00. The van der Waals surface area contributed by atoms with Gasteiger partial charge >= 0.3 is 0 Å². The molecule has 8 heteroatoms. The van der Waals surface area contributed by atoms with Crippen LogP contribution in [0.25, 0.3) is 17.1 Å². The predicted octanol–water partition coefficient (Wildman–Crippen LogP) is 4.43. The molecule has 3 aromatic heterocycles. The van der Waals surface area contributed by atoms with Crippen molar-refractivity contribution in [3.63, 3.8) is 0 Å². The van der Waals surface area contributed by atoms with Crippen LogP contribution in [-0.4, -0.2) is 40.0 Å². The van der Waals surface area contributed by atoms with E-state index in [1.807, 2.05) is 24.5 Å². The van der Waals surface area contributed by atoms with Gasteiger partial charge in [-0.05, 0) is 52.6 Å². The van der Waals surface area contributed by atoms with E-state index in [2.05, 4.69) is 85.3 Å². The monoisotopic (exact) mass is 452 g/mol. The number of nitrogens with zero attached hydrogens (tertiary/aromatic N) is 7. The van der Waals surface area contributed by atoms with E-state index in [4.69, 9.17) is 10.1 Å². The van der Waals surface area contributed by atoms with E-state index in [-0.39, 0.29) is 0 Å². The lowest BCUT2D eigenvalue weighted by Gasteiger charge is -2.08. The molecule has 172 valence electrons. The van der Waals surface area contributed by atoms with Crippen LogP contribution in [0.4, 0.5) is 0 Å². The molecule has 0 bridgehead atoms. The number of aromatic nitrogens is 8. The number of rotatable bonds is 10. The average molecular weight is 453 g/mol. The number of hydrogen-bond donors (Lipinski definition) is 1. The summed E-state index contributed by atoms with van der Waals surface area (Å²) in [5, 5.41) is 18.9. The number of tetrazole rings is 1. The van der Waals surface area contributed by atoms with Crippen molar-refractivity contribution in [3.05, 3.63) is 95.8 Å². The van der Waals surface area contributed by atoms with Crippen LogP contribution < -0.4 is 0 Å². The van der Waals surface area contributed by atoms with Gasteiger partial charge in [-0.1, -0.05) is 55.8 Å². The highest BCUT2D eigenvalue weighted by Crippen LogP contribution is 2.18. The average Bonchev–Trinajstić information content (AvgIpc) is 3.64. The van der Waals surface area contributed by atoms with E-state index < -0.39 is 0 Å². The van der Waals surface area contributed by atoms with E-state index in [0.717, 1.165) is 61.5 Å². The minimum absolute atomic E-state index is 0.657. The predicted molar refractivity (Wildman–Crippen MR) is 131 cm³/mol. The zero-order chi connectivity index (χ0) is 23.2. The molecular formula is C26H28N8. The lowest BCUT2D eigenvalue weighted by atomic mass is 10.1. The van der Waals surface area contributed by atoms with E-state index in [0.29, 0.717) is 5.82 Å². The molecule has 0 spiro atoms. The van der Waals surface area contributed by atoms with Gasteiger partial charge in [0.15, 0.2) is 11.6 Å². The van der Waals surface area contributed by atoms with Crippen molar-refractivity contribution >= 4 is 0 Å². The summed E-state index contributed by atoms with van der Waals surface area (Å²) in [6.07, 6.45) is 9.04. The molecule has 0 fully saturated rings. The third-order valence-electron chi connectivity index (χ3n) is 5.90. The number of aromatic amines is 1. The summed E-state index contributed by atoms with van der Waals surface area (Å²) in [4.78, 5) is 4.88. The van der Waals surface area contributed by atoms with Crippen molar-refractivity contribution in [1.29, 1.82) is 0 Å². The van der Waals surface area contributed by atoms with Crippen LogP contribution in [0.1, 0.15) is 42.5 Å². The summed E-state index contributed by atoms with van der Waals surface area (Å²) in [5.74, 6) is 2.65. The van der Waals surface area contributed by atoms with Crippen molar-refractivity contribution in [3.8, 4) is 17.1 Å². The van der Waals surface area contributed by atoms with E-state index in [1.54, 1.807) is 0 Å². The van der Waals surface area contributed by atoms with E-state index in [9.17, 15) is 0 Å². The van der Waals surface area contributed by atoms with Crippen molar-refractivity contribution in [1.82, 2.24) is 40.0 Å². The van der Waals surface area contributed by atoms with Gasteiger partial charge < -0.3 is 4.57 Å². The summed E-state index contributed by atoms with van der Waals surface area (Å²) >= 11 is 0.